The molecule has 0 aliphatic carbocycles. The van der Waals surface area contributed by atoms with E-state index in [1.165, 1.54) is 5.56 Å². The fraction of sp³-hybridized carbons (Fsp3) is 0.611. The Labute approximate surface area is 127 Å². The Bertz CT molecular complexity index is 554. The van der Waals surface area contributed by atoms with Crippen LogP contribution < -0.4 is 0 Å². The summed E-state index contributed by atoms with van der Waals surface area (Å²) in [5, 5.41) is 0. The van der Waals surface area contributed by atoms with Gasteiger partial charge in [-0.05, 0) is 31.4 Å². The topological polar surface area (TPSA) is 29.5 Å². The molecular weight excluding hydrogens is 262 g/mol. The number of hydrogen-bond donors (Lipinski definition) is 0. The molecule has 3 nitrogen and oxygen atoms in total. The van der Waals surface area contributed by atoms with E-state index in [0.717, 1.165) is 37.1 Å². The van der Waals surface area contributed by atoms with Gasteiger partial charge in [0.2, 0.25) is 0 Å². The predicted molar refractivity (Wildman–Crippen MR) is 83.6 cm³/mol. The second kappa shape index (κ2) is 5.13. The van der Waals surface area contributed by atoms with Gasteiger partial charge in [-0.3, -0.25) is 0 Å². The number of likely N-dealkylation sites (tertiary alicyclic amines) is 1. The molecule has 0 saturated carbocycles. The number of rotatable bonds is 2. The van der Waals surface area contributed by atoms with Gasteiger partial charge in [-0.15, -0.1) is 0 Å². The molecule has 0 atom stereocenters. The molecule has 2 aliphatic heterocycles. The molecule has 0 amide bonds. The minimum absolute atomic E-state index is 0.134. The lowest BCUT2D eigenvalue weighted by molar-refractivity contribution is -0.0470. The highest BCUT2D eigenvalue weighted by atomic mass is 16.6. The fourth-order valence-electron chi connectivity index (χ4n) is 3.55. The molecule has 2 heterocycles. The first-order chi connectivity index (χ1) is 9.93. The molecule has 1 saturated heterocycles. The number of piperidine rings is 1. The summed E-state index contributed by atoms with van der Waals surface area (Å²) in [6.45, 7) is 10.7. The molecule has 114 valence electrons. The Balaban J connectivity index is 1.91. The summed E-state index contributed by atoms with van der Waals surface area (Å²) in [6.07, 6.45) is 1.82. The largest absolute Gasteiger partial charge is 0.450 e. The van der Waals surface area contributed by atoms with Crippen LogP contribution in [0.5, 0.6) is 0 Å². The van der Waals surface area contributed by atoms with E-state index in [4.69, 9.17) is 4.74 Å². The van der Waals surface area contributed by atoms with Crippen LogP contribution in [0, 0.1) is 0 Å². The molecule has 1 fully saturated rings. The molecule has 21 heavy (non-hydrogen) atoms. The van der Waals surface area contributed by atoms with Crippen molar-refractivity contribution in [3.05, 3.63) is 34.9 Å². The second-order valence-electron chi connectivity index (χ2n) is 6.97. The van der Waals surface area contributed by atoms with Crippen LogP contribution in [0.3, 0.4) is 0 Å². The van der Waals surface area contributed by atoms with Gasteiger partial charge < -0.3 is 9.64 Å². The van der Waals surface area contributed by atoms with Crippen molar-refractivity contribution >= 4 is 5.97 Å². The Kier molecular flexibility index (Phi) is 3.56. The zero-order valence-corrected chi connectivity index (χ0v) is 13.5. The SMILES string of the molecule is CC(C)c1ccc2c(c1)C(=O)OC21CCN(C(C)C)CC1. The van der Waals surface area contributed by atoms with Crippen LogP contribution in [0.25, 0.3) is 0 Å². The molecule has 0 N–H and O–H groups in total. The van der Waals surface area contributed by atoms with Gasteiger partial charge in [0.1, 0.15) is 5.60 Å². The zero-order valence-electron chi connectivity index (χ0n) is 13.5. The van der Waals surface area contributed by atoms with E-state index in [-0.39, 0.29) is 11.6 Å². The molecule has 1 spiro atoms. The highest BCUT2D eigenvalue weighted by Crippen LogP contribution is 2.44. The summed E-state index contributed by atoms with van der Waals surface area (Å²) in [5.74, 6) is 0.299. The van der Waals surface area contributed by atoms with Crippen LogP contribution >= 0.6 is 0 Å². The summed E-state index contributed by atoms with van der Waals surface area (Å²) in [6, 6.07) is 6.87. The lowest BCUT2D eigenvalue weighted by atomic mass is 9.82. The van der Waals surface area contributed by atoms with Crippen LogP contribution in [0.15, 0.2) is 18.2 Å². The molecule has 3 heteroatoms. The lowest BCUT2D eigenvalue weighted by Crippen LogP contribution is -2.45. The van der Waals surface area contributed by atoms with Crippen molar-refractivity contribution < 1.29 is 9.53 Å². The number of carbonyl (C=O) groups excluding carboxylic acids is 1. The molecule has 1 aromatic rings. The molecule has 0 bridgehead atoms. The van der Waals surface area contributed by atoms with E-state index in [9.17, 15) is 4.79 Å². The number of hydrogen-bond acceptors (Lipinski definition) is 3. The number of fused-ring (bicyclic) bond motifs is 2. The number of esters is 1. The Morgan fingerprint density at radius 1 is 1.14 bits per heavy atom. The number of carbonyl (C=O) groups is 1. The predicted octanol–water partition coefficient (Wildman–Crippen LogP) is 3.68. The van der Waals surface area contributed by atoms with Crippen molar-refractivity contribution in [2.75, 3.05) is 13.1 Å². The van der Waals surface area contributed by atoms with Crippen LogP contribution in [-0.2, 0) is 10.3 Å². The molecule has 2 aliphatic rings. The summed E-state index contributed by atoms with van der Waals surface area (Å²) in [7, 11) is 0. The highest BCUT2D eigenvalue weighted by molar-refractivity contribution is 5.95. The van der Waals surface area contributed by atoms with Crippen LogP contribution in [0.2, 0.25) is 0 Å². The maximum absolute atomic E-state index is 12.3. The number of benzene rings is 1. The van der Waals surface area contributed by atoms with Gasteiger partial charge in [0.25, 0.3) is 0 Å². The van der Waals surface area contributed by atoms with Gasteiger partial charge in [-0.25, -0.2) is 4.79 Å². The maximum Gasteiger partial charge on any atom is 0.339 e. The van der Waals surface area contributed by atoms with Crippen molar-refractivity contribution in [3.8, 4) is 0 Å². The summed E-state index contributed by atoms with van der Waals surface area (Å²) >= 11 is 0. The van der Waals surface area contributed by atoms with Crippen LogP contribution in [0.4, 0.5) is 0 Å². The molecule has 1 aromatic carbocycles. The van der Waals surface area contributed by atoms with Gasteiger partial charge in [0.05, 0.1) is 5.56 Å². The molecule has 0 aromatic heterocycles. The smallest absolute Gasteiger partial charge is 0.339 e. The van der Waals surface area contributed by atoms with Gasteiger partial charge in [-0.1, -0.05) is 26.0 Å². The van der Waals surface area contributed by atoms with Crippen molar-refractivity contribution in [1.29, 1.82) is 0 Å². The maximum atomic E-state index is 12.3. The summed E-state index contributed by atoms with van der Waals surface area (Å²) in [5.41, 5.74) is 2.75. The van der Waals surface area contributed by atoms with E-state index in [2.05, 4.69) is 44.7 Å². The van der Waals surface area contributed by atoms with E-state index < -0.39 is 0 Å². The Morgan fingerprint density at radius 3 is 2.38 bits per heavy atom. The summed E-state index contributed by atoms with van der Waals surface area (Å²) < 4.78 is 5.86. The monoisotopic (exact) mass is 287 g/mol. The first-order valence-electron chi connectivity index (χ1n) is 8.05. The molecule has 0 radical (unpaired) electrons. The highest BCUT2D eigenvalue weighted by Gasteiger charge is 2.47. The number of ether oxygens (including phenoxy) is 1. The third kappa shape index (κ3) is 2.38. The first kappa shape index (κ1) is 14.6. The third-order valence-electron chi connectivity index (χ3n) is 5.05. The van der Waals surface area contributed by atoms with E-state index >= 15 is 0 Å². The van der Waals surface area contributed by atoms with E-state index in [1.54, 1.807) is 0 Å². The first-order valence-corrected chi connectivity index (χ1v) is 8.05. The average molecular weight is 287 g/mol. The minimum atomic E-state index is -0.368. The minimum Gasteiger partial charge on any atom is -0.450 e. The van der Waals surface area contributed by atoms with Crippen molar-refractivity contribution in [1.82, 2.24) is 4.90 Å². The van der Waals surface area contributed by atoms with Crippen LogP contribution in [0.1, 0.15) is 67.9 Å². The average Bonchev–Trinajstić information content (AvgIpc) is 2.72. The van der Waals surface area contributed by atoms with Crippen molar-refractivity contribution in [2.24, 2.45) is 0 Å². The second-order valence-corrected chi connectivity index (χ2v) is 6.97. The van der Waals surface area contributed by atoms with Gasteiger partial charge >= 0.3 is 5.97 Å². The molecular formula is C18H25NO2. The number of nitrogens with zero attached hydrogens (tertiary/aromatic N) is 1. The normalized spacial score (nSPS) is 21.1. The molecule has 0 unspecified atom stereocenters. The van der Waals surface area contributed by atoms with Gasteiger partial charge in [0.15, 0.2) is 0 Å². The van der Waals surface area contributed by atoms with E-state index in [0.29, 0.717) is 12.0 Å². The van der Waals surface area contributed by atoms with Gasteiger partial charge in [-0.2, -0.15) is 0 Å². The zero-order chi connectivity index (χ0) is 15.2. The quantitative estimate of drug-likeness (QED) is 0.777. The standard InChI is InChI=1S/C18H25NO2/c1-12(2)14-5-6-16-15(11-14)17(20)21-18(16)7-9-19(10-8-18)13(3)4/h5-6,11-13H,7-10H2,1-4H3. The summed E-state index contributed by atoms with van der Waals surface area (Å²) in [4.78, 5) is 14.8. The Morgan fingerprint density at radius 2 is 1.81 bits per heavy atom. The van der Waals surface area contributed by atoms with Crippen molar-refractivity contribution in [3.63, 3.8) is 0 Å². The Hall–Kier alpha value is -1.35. The fourth-order valence-corrected chi connectivity index (χ4v) is 3.55. The van der Waals surface area contributed by atoms with Crippen LogP contribution in [-0.4, -0.2) is 30.0 Å². The van der Waals surface area contributed by atoms with E-state index in [1.807, 2.05) is 6.07 Å². The molecule has 3 rings (SSSR count). The van der Waals surface area contributed by atoms with Gasteiger partial charge in [0, 0.05) is 37.5 Å². The third-order valence-corrected chi connectivity index (χ3v) is 5.05. The van der Waals surface area contributed by atoms with Crippen molar-refractivity contribution in [2.45, 2.75) is 58.1 Å². The lowest BCUT2D eigenvalue weighted by Gasteiger charge is -2.40.